The number of alkyl carbamates (subject to hydrolysis) is 1. The number of rotatable bonds is 11. The van der Waals surface area contributed by atoms with E-state index in [0.29, 0.717) is 13.1 Å². The molecular weight excluding hydrogens is 468 g/mol. The third-order valence-corrected chi connectivity index (χ3v) is 7.87. The molecule has 1 fully saturated rings. The van der Waals surface area contributed by atoms with Crippen molar-refractivity contribution >= 4 is 6.09 Å². The zero-order valence-corrected chi connectivity index (χ0v) is 25.0. The predicted octanol–water partition coefficient (Wildman–Crippen LogP) is 8.23. The largest absolute Gasteiger partial charge is 0.445 e. The molecule has 0 aromatic heterocycles. The van der Waals surface area contributed by atoms with Gasteiger partial charge in [-0.1, -0.05) is 129 Å². The molecule has 0 aliphatic carbocycles. The highest BCUT2D eigenvalue weighted by atomic mass is 16.6. The third kappa shape index (κ3) is 8.86. The van der Waals surface area contributed by atoms with Crippen LogP contribution in [0.3, 0.4) is 0 Å². The first-order chi connectivity index (χ1) is 18.0. The fraction of sp³-hybridized carbons (Fsp3) is 0.618. The second-order valence-electron chi connectivity index (χ2n) is 13.2. The van der Waals surface area contributed by atoms with Gasteiger partial charge >= 0.3 is 6.09 Å². The van der Waals surface area contributed by atoms with Gasteiger partial charge in [-0.05, 0) is 39.5 Å². The molecule has 1 aliphatic rings. The minimum atomic E-state index is -0.286. The highest BCUT2D eigenvalue weighted by Gasteiger charge is 2.34. The lowest BCUT2D eigenvalue weighted by atomic mass is 9.80. The van der Waals surface area contributed by atoms with Crippen molar-refractivity contribution in [1.29, 1.82) is 0 Å². The minimum absolute atomic E-state index is 0.116. The van der Waals surface area contributed by atoms with E-state index in [1.165, 1.54) is 47.9 Å². The maximum absolute atomic E-state index is 12.5. The van der Waals surface area contributed by atoms with Gasteiger partial charge in [0.25, 0.3) is 0 Å². The molecule has 1 heterocycles. The van der Waals surface area contributed by atoms with Crippen LogP contribution < -0.4 is 10.6 Å². The summed E-state index contributed by atoms with van der Waals surface area (Å²) in [6, 6.07) is 18.4. The number of unbranched alkanes of at least 4 members (excludes halogenated alkanes) is 5. The maximum Gasteiger partial charge on any atom is 0.407 e. The number of hydrogen-bond donors (Lipinski definition) is 2. The van der Waals surface area contributed by atoms with Crippen LogP contribution in [0.15, 0.2) is 48.5 Å². The van der Waals surface area contributed by atoms with E-state index in [4.69, 9.17) is 4.74 Å². The van der Waals surface area contributed by atoms with Crippen LogP contribution >= 0.6 is 0 Å². The number of ether oxygens (including phenoxy) is 1. The zero-order valence-electron chi connectivity index (χ0n) is 25.0. The van der Waals surface area contributed by atoms with Crippen LogP contribution in [0.4, 0.5) is 4.79 Å². The number of carbonyl (C=O) groups excluding carboxylic acids is 1. The first-order valence-electron chi connectivity index (χ1n) is 14.9. The fourth-order valence-corrected chi connectivity index (χ4v) is 5.40. The molecule has 0 bridgehead atoms. The lowest BCUT2D eigenvalue weighted by Gasteiger charge is -2.27. The SMILES string of the molecule is CCCCCCCCNC(=O)O[C@H]1CNC(C(c2ccc(C(C)(C)C)cc2)c2ccc(C(C)(C)C)cc2)C1. The summed E-state index contributed by atoms with van der Waals surface area (Å²) >= 11 is 0. The zero-order chi connectivity index (χ0) is 27.8. The molecular formula is C34H52N2O2. The number of carbonyl (C=O) groups is 1. The van der Waals surface area contributed by atoms with Crippen LogP contribution in [0.25, 0.3) is 0 Å². The second-order valence-corrected chi connectivity index (χ2v) is 13.2. The smallest absolute Gasteiger partial charge is 0.407 e. The van der Waals surface area contributed by atoms with Gasteiger partial charge < -0.3 is 15.4 Å². The summed E-state index contributed by atoms with van der Waals surface area (Å²) in [5.41, 5.74) is 5.52. The summed E-state index contributed by atoms with van der Waals surface area (Å²) in [6.45, 7) is 17.1. The van der Waals surface area contributed by atoms with E-state index in [1.807, 2.05) is 0 Å². The molecule has 0 radical (unpaired) electrons. The molecule has 38 heavy (non-hydrogen) atoms. The molecule has 1 saturated heterocycles. The van der Waals surface area contributed by atoms with E-state index in [0.717, 1.165) is 19.3 Å². The van der Waals surface area contributed by atoms with Gasteiger partial charge in [-0.25, -0.2) is 4.79 Å². The summed E-state index contributed by atoms with van der Waals surface area (Å²) in [5, 5.41) is 6.65. The van der Waals surface area contributed by atoms with E-state index in [1.54, 1.807) is 0 Å². The van der Waals surface area contributed by atoms with Crippen molar-refractivity contribution in [3.8, 4) is 0 Å². The van der Waals surface area contributed by atoms with Gasteiger partial charge in [-0.15, -0.1) is 0 Å². The summed E-state index contributed by atoms with van der Waals surface area (Å²) in [7, 11) is 0. The molecule has 1 aliphatic heterocycles. The number of hydrogen-bond acceptors (Lipinski definition) is 3. The van der Waals surface area contributed by atoms with Gasteiger partial charge in [-0.3, -0.25) is 0 Å². The van der Waals surface area contributed by atoms with Crippen molar-refractivity contribution in [2.45, 2.75) is 122 Å². The summed E-state index contributed by atoms with van der Waals surface area (Å²) in [5.74, 6) is 0.192. The maximum atomic E-state index is 12.5. The monoisotopic (exact) mass is 520 g/mol. The molecule has 2 atom stereocenters. The molecule has 1 unspecified atom stereocenters. The Hall–Kier alpha value is -2.33. The molecule has 0 spiro atoms. The number of amides is 1. The van der Waals surface area contributed by atoms with E-state index in [2.05, 4.69) is 108 Å². The van der Waals surface area contributed by atoms with Gasteiger partial charge in [0.1, 0.15) is 6.10 Å². The Balaban J connectivity index is 1.66. The predicted molar refractivity (Wildman–Crippen MR) is 160 cm³/mol. The van der Waals surface area contributed by atoms with E-state index < -0.39 is 0 Å². The molecule has 2 N–H and O–H groups in total. The highest BCUT2D eigenvalue weighted by Crippen LogP contribution is 2.35. The molecule has 4 nitrogen and oxygen atoms in total. The minimum Gasteiger partial charge on any atom is -0.445 e. The Labute approximate surface area is 232 Å². The average molecular weight is 521 g/mol. The van der Waals surface area contributed by atoms with E-state index in [-0.39, 0.29) is 35.0 Å². The molecule has 0 saturated carbocycles. The summed E-state index contributed by atoms with van der Waals surface area (Å²) in [4.78, 5) is 12.5. The summed E-state index contributed by atoms with van der Waals surface area (Å²) in [6.07, 6.45) is 7.67. The normalized spacial score (nSPS) is 18.1. The Morgan fingerprint density at radius 2 is 1.34 bits per heavy atom. The Morgan fingerprint density at radius 3 is 1.84 bits per heavy atom. The van der Waals surface area contributed by atoms with Crippen molar-refractivity contribution in [2.24, 2.45) is 0 Å². The van der Waals surface area contributed by atoms with Crippen LogP contribution in [0.1, 0.15) is 122 Å². The fourth-order valence-electron chi connectivity index (χ4n) is 5.40. The second kappa shape index (κ2) is 13.6. The van der Waals surface area contributed by atoms with Crippen molar-refractivity contribution < 1.29 is 9.53 Å². The van der Waals surface area contributed by atoms with Crippen molar-refractivity contribution in [3.05, 3.63) is 70.8 Å². The van der Waals surface area contributed by atoms with Gasteiger partial charge in [0.05, 0.1) is 0 Å². The van der Waals surface area contributed by atoms with Crippen LogP contribution in [-0.4, -0.2) is 31.3 Å². The van der Waals surface area contributed by atoms with Gasteiger partial charge in [0.2, 0.25) is 0 Å². The van der Waals surface area contributed by atoms with E-state index in [9.17, 15) is 4.79 Å². The highest BCUT2D eigenvalue weighted by molar-refractivity contribution is 5.67. The first-order valence-corrected chi connectivity index (χ1v) is 14.9. The summed E-state index contributed by atoms with van der Waals surface area (Å²) < 4.78 is 5.82. The van der Waals surface area contributed by atoms with Gasteiger partial charge in [0.15, 0.2) is 0 Å². The van der Waals surface area contributed by atoms with Crippen molar-refractivity contribution in [3.63, 3.8) is 0 Å². The standard InChI is InChI=1S/C34H52N2O2/c1-8-9-10-11-12-13-22-35-32(37)38-29-23-30(36-24-29)31(25-14-18-27(19-15-25)33(2,3)4)26-16-20-28(21-17-26)34(5,6)7/h14-21,29-31,36H,8-13,22-24H2,1-7H3,(H,35,37)/t29-,30?/m1/s1. The Kier molecular flexibility index (Phi) is 10.8. The molecule has 2 aromatic carbocycles. The molecule has 210 valence electrons. The molecule has 1 amide bonds. The van der Waals surface area contributed by atoms with E-state index >= 15 is 0 Å². The lowest BCUT2D eigenvalue weighted by molar-refractivity contribution is 0.106. The van der Waals surface area contributed by atoms with Crippen molar-refractivity contribution in [1.82, 2.24) is 10.6 Å². The quantitative estimate of drug-likeness (QED) is 0.293. The van der Waals surface area contributed by atoms with Crippen molar-refractivity contribution in [2.75, 3.05) is 13.1 Å². The molecule has 3 rings (SSSR count). The Bertz CT molecular complexity index is 926. The van der Waals surface area contributed by atoms with Gasteiger partial charge in [-0.2, -0.15) is 0 Å². The third-order valence-electron chi connectivity index (χ3n) is 7.87. The van der Waals surface area contributed by atoms with Crippen LogP contribution in [0, 0.1) is 0 Å². The van der Waals surface area contributed by atoms with Gasteiger partial charge in [0, 0.05) is 31.5 Å². The average Bonchev–Trinajstić information content (AvgIpc) is 3.31. The first kappa shape index (κ1) is 30.2. The molecule has 2 aromatic rings. The molecule has 4 heteroatoms. The van der Waals surface area contributed by atoms with Crippen LogP contribution in [0.5, 0.6) is 0 Å². The number of nitrogens with one attached hydrogen (secondary N) is 2. The number of benzene rings is 2. The topological polar surface area (TPSA) is 50.4 Å². The lowest BCUT2D eigenvalue weighted by Crippen LogP contribution is -2.30. The van der Waals surface area contributed by atoms with Crippen LogP contribution in [0.2, 0.25) is 0 Å². The Morgan fingerprint density at radius 1 is 0.842 bits per heavy atom. The van der Waals surface area contributed by atoms with Crippen LogP contribution in [-0.2, 0) is 15.6 Å².